The van der Waals surface area contributed by atoms with Gasteiger partial charge in [0.15, 0.2) is 11.5 Å². The van der Waals surface area contributed by atoms with Crippen molar-refractivity contribution < 1.29 is 9.47 Å². The van der Waals surface area contributed by atoms with Gasteiger partial charge >= 0.3 is 0 Å². The second-order valence-corrected chi connectivity index (χ2v) is 9.16. The fourth-order valence-electron chi connectivity index (χ4n) is 5.02. The third kappa shape index (κ3) is 3.61. The first-order valence-corrected chi connectivity index (χ1v) is 11.7. The molecule has 0 aliphatic carbocycles. The lowest BCUT2D eigenvalue weighted by Crippen LogP contribution is -2.47. The predicted octanol–water partition coefficient (Wildman–Crippen LogP) is 3.34. The minimum absolute atomic E-state index is 0.125. The van der Waals surface area contributed by atoms with Crippen LogP contribution >= 0.6 is 0 Å². The van der Waals surface area contributed by atoms with Gasteiger partial charge in [0.2, 0.25) is 5.95 Å². The fraction of sp³-hybridized carbons (Fsp3) is 0.458. The fourth-order valence-corrected chi connectivity index (χ4v) is 5.02. The maximum Gasteiger partial charge on any atom is 0.229 e. The molecular weight excluding hydrogens is 418 g/mol. The molecule has 2 fully saturated rings. The van der Waals surface area contributed by atoms with Crippen molar-refractivity contribution in [2.75, 3.05) is 42.6 Å². The highest BCUT2D eigenvalue weighted by Crippen LogP contribution is 2.33. The van der Waals surface area contributed by atoms with Gasteiger partial charge in [0, 0.05) is 42.3 Å². The molecule has 2 aliphatic heterocycles. The molecule has 0 bridgehead atoms. The normalized spacial score (nSPS) is 24.2. The van der Waals surface area contributed by atoms with Crippen molar-refractivity contribution >= 4 is 33.8 Å². The monoisotopic (exact) mass is 447 g/mol. The van der Waals surface area contributed by atoms with Crippen LogP contribution in [0.15, 0.2) is 30.5 Å². The highest BCUT2D eigenvalue weighted by molar-refractivity contribution is 5.96. The van der Waals surface area contributed by atoms with Crippen molar-refractivity contribution in [1.82, 2.24) is 24.9 Å². The zero-order chi connectivity index (χ0) is 22.5. The molecule has 4 aromatic rings. The Morgan fingerprint density at radius 2 is 1.88 bits per heavy atom. The summed E-state index contributed by atoms with van der Waals surface area (Å²) in [6.07, 6.45) is 2.20. The smallest absolute Gasteiger partial charge is 0.229 e. The van der Waals surface area contributed by atoms with E-state index < -0.39 is 0 Å². The number of hydrogen-bond donors (Lipinski definition) is 2. The molecule has 2 aliphatic rings. The van der Waals surface area contributed by atoms with E-state index in [2.05, 4.69) is 58.7 Å². The van der Waals surface area contributed by atoms with E-state index >= 15 is 0 Å². The van der Waals surface area contributed by atoms with Crippen LogP contribution < -0.4 is 9.80 Å². The number of nitrogens with zero attached hydrogens (tertiary/aromatic N) is 5. The topological polar surface area (TPSA) is 95.2 Å². The van der Waals surface area contributed by atoms with E-state index in [0.717, 1.165) is 53.3 Å². The summed E-state index contributed by atoms with van der Waals surface area (Å²) < 4.78 is 11.6. The number of anilines is 2. The van der Waals surface area contributed by atoms with Crippen molar-refractivity contribution in [2.45, 2.75) is 39.0 Å². The molecule has 5 heterocycles. The Hall–Kier alpha value is -3.17. The summed E-state index contributed by atoms with van der Waals surface area (Å²) in [5.74, 6) is 2.39. The van der Waals surface area contributed by atoms with Crippen molar-refractivity contribution in [3.05, 3.63) is 30.5 Å². The van der Waals surface area contributed by atoms with Crippen LogP contribution in [0.1, 0.15) is 20.8 Å². The van der Waals surface area contributed by atoms with E-state index in [-0.39, 0.29) is 18.2 Å². The lowest BCUT2D eigenvalue weighted by molar-refractivity contribution is -0.00570. The number of aromatic nitrogens is 5. The Bertz CT molecular complexity index is 1290. The van der Waals surface area contributed by atoms with Crippen molar-refractivity contribution in [2.24, 2.45) is 0 Å². The quantitative estimate of drug-likeness (QED) is 0.497. The van der Waals surface area contributed by atoms with Crippen molar-refractivity contribution in [3.63, 3.8) is 0 Å². The third-order valence-electron chi connectivity index (χ3n) is 6.51. The molecule has 2 N–H and O–H groups in total. The molecule has 0 spiro atoms. The first-order chi connectivity index (χ1) is 16.1. The van der Waals surface area contributed by atoms with Gasteiger partial charge in [0.1, 0.15) is 11.3 Å². The number of nitrogens with one attached hydrogen (secondary N) is 2. The van der Waals surface area contributed by atoms with Crippen LogP contribution in [0, 0.1) is 0 Å². The Labute approximate surface area is 192 Å². The molecule has 9 nitrogen and oxygen atoms in total. The summed E-state index contributed by atoms with van der Waals surface area (Å²) in [5.41, 5.74) is 3.67. The largest absolute Gasteiger partial charge is 0.377 e. The average molecular weight is 448 g/mol. The van der Waals surface area contributed by atoms with Gasteiger partial charge in [-0.3, -0.25) is 0 Å². The number of imidazole rings is 1. The van der Waals surface area contributed by atoms with Gasteiger partial charge in [0.25, 0.3) is 0 Å². The highest BCUT2D eigenvalue weighted by atomic mass is 16.5. The number of morpholine rings is 2. The van der Waals surface area contributed by atoms with E-state index in [9.17, 15) is 0 Å². The number of fused-ring (bicyclic) bond motifs is 2. The van der Waals surface area contributed by atoms with E-state index in [0.29, 0.717) is 24.8 Å². The van der Waals surface area contributed by atoms with E-state index in [4.69, 9.17) is 24.4 Å². The summed E-state index contributed by atoms with van der Waals surface area (Å²) in [4.78, 5) is 26.3. The molecule has 2 saturated heterocycles. The number of rotatable bonds is 3. The van der Waals surface area contributed by atoms with Crippen LogP contribution in [0.2, 0.25) is 0 Å². The molecule has 0 saturated carbocycles. The third-order valence-corrected chi connectivity index (χ3v) is 6.51. The van der Waals surface area contributed by atoms with E-state index in [1.165, 1.54) is 0 Å². The summed E-state index contributed by atoms with van der Waals surface area (Å²) in [6.45, 7) is 10.0. The minimum atomic E-state index is 0.125. The zero-order valence-electron chi connectivity index (χ0n) is 19.2. The van der Waals surface area contributed by atoms with E-state index in [1.54, 1.807) is 0 Å². The van der Waals surface area contributed by atoms with Crippen LogP contribution in [0.5, 0.6) is 0 Å². The molecule has 3 aromatic heterocycles. The molecule has 0 radical (unpaired) electrons. The van der Waals surface area contributed by atoms with Gasteiger partial charge in [-0.15, -0.1) is 0 Å². The lowest BCUT2D eigenvalue weighted by atomic mass is 10.1. The van der Waals surface area contributed by atoms with Gasteiger partial charge < -0.3 is 29.2 Å². The molecule has 172 valence electrons. The average Bonchev–Trinajstić information content (AvgIpc) is 3.45. The van der Waals surface area contributed by atoms with Gasteiger partial charge in [-0.1, -0.05) is 12.1 Å². The van der Waals surface area contributed by atoms with E-state index in [1.807, 2.05) is 12.3 Å². The molecule has 6 rings (SSSR count). The van der Waals surface area contributed by atoms with Gasteiger partial charge in [-0.05, 0) is 32.9 Å². The molecule has 9 heteroatoms. The second kappa shape index (κ2) is 8.00. The number of hydrogen-bond acceptors (Lipinski definition) is 7. The van der Waals surface area contributed by atoms with Crippen LogP contribution in [-0.2, 0) is 9.47 Å². The van der Waals surface area contributed by atoms with Crippen LogP contribution in [0.3, 0.4) is 0 Å². The highest BCUT2D eigenvalue weighted by Gasteiger charge is 2.29. The Kier molecular flexibility index (Phi) is 4.95. The second-order valence-electron chi connectivity index (χ2n) is 9.16. The summed E-state index contributed by atoms with van der Waals surface area (Å²) in [6, 6.07) is 8.49. The Morgan fingerprint density at radius 1 is 1.03 bits per heavy atom. The zero-order valence-corrected chi connectivity index (χ0v) is 19.2. The SMILES string of the molecule is CC1CN(c2nc(N3CCOC[C@H]3C)c3[nH]c(-c4cccc5[nH]ccc45)nc3n2)C[C@H](C)O1. The summed E-state index contributed by atoms with van der Waals surface area (Å²) in [7, 11) is 0. The van der Waals surface area contributed by atoms with Gasteiger partial charge in [0.05, 0.1) is 31.5 Å². The maximum atomic E-state index is 5.94. The molecule has 1 unspecified atom stereocenters. The lowest BCUT2D eigenvalue weighted by Gasteiger charge is -2.37. The van der Waals surface area contributed by atoms with Gasteiger partial charge in [-0.2, -0.15) is 9.97 Å². The number of H-pyrrole nitrogens is 2. The number of aromatic amines is 2. The molecule has 1 aromatic carbocycles. The number of ether oxygens (including phenoxy) is 2. The number of benzene rings is 1. The summed E-state index contributed by atoms with van der Waals surface area (Å²) >= 11 is 0. The Morgan fingerprint density at radius 3 is 2.70 bits per heavy atom. The van der Waals surface area contributed by atoms with Crippen LogP contribution in [0.4, 0.5) is 11.8 Å². The Balaban J connectivity index is 1.51. The first kappa shape index (κ1) is 20.4. The first-order valence-electron chi connectivity index (χ1n) is 11.7. The molecular formula is C24H29N7O2. The standard InChI is InChI=1S/C24H29N7O2/c1-14-13-32-10-9-31(14)23-20-22(28-24(29-23)30-11-15(2)33-16(3)12-30)27-21(26-20)18-5-4-6-19-17(18)7-8-25-19/h4-8,14-16,25H,9-13H2,1-3H3,(H,26,27,28,29)/t14-,15+,16?/m1/s1. The van der Waals surface area contributed by atoms with Crippen LogP contribution in [0.25, 0.3) is 33.5 Å². The van der Waals surface area contributed by atoms with Gasteiger partial charge in [-0.25, -0.2) is 4.98 Å². The molecule has 0 amide bonds. The molecule has 33 heavy (non-hydrogen) atoms. The van der Waals surface area contributed by atoms with Crippen molar-refractivity contribution in [1.29, 1.82) is 0 Å². The predicted molar refractivity (Wildman–Crippen MR) is 129 cm³/mol. The maximum absolute atomic E-state index is 5.94. The summed E-state index contributed by atoms with van der Waals surface area (Å²) in [5, 5.41) is 1.13. The molecule has 3 atom stereocenters. The van der Waals surface area contributed by atoms with Crippen LogP contribution in [-0.4, -0.2) is 76.0 Å². The van der Waals surface area contributed by atoms with Crippen molar-refractivity contribution in [3.8, 4) is 11.4 Å². The minimum Gasteiger partial charge on any atom is -0.377 e.